The molecule has 124 valence electrons. The van der Waals surface area contributed by atoms with E-state index in [0.29, 0.717) is 9.50 Å². The molecule has 1 rings (SSSR count). The van der Waals surface area contributed by atoms with Gasteiger partial charge in [0.2, 0.25) is 10.0 Å². The van der Waals surface area contributed by atoms with Crippen LogP contribution in [0.25, 0.3) is 0 Å². The minimum absolute atomic E-state index is 0.0334. The van der Waals surface area contributed by atoms with Gasteiger partial charge in [-0.2, -0.15) is 0 Å². The molecule has 0 aliphatic carbocycles. The van der Waals surface area contributed by atoms with Gasteiger partial charge >= 0.3 is 6.09 Å². The monoisotopic (exact) mass is 412 g/mol. The van der Waals surface area contributed by atoms with Crippen LogP contribution in [0.2, 0.25) is 5.02 Å². The van der Waals surface area contributed by atoms with Crippen LogP contribution in [0.5, 0.6) is 0 Å². The topological polar surface area (TPSA) is 84.5 Å². The van der Waals surface area contributed by atoms with Gasteiger partial charge in [-0.25, -0.2) is 17.9 Å². The number of benzene rings is 1. The SMILES string of the molecule is CC(C)(C)OC(=O)NCCNS(=O)(=O)c1cc(Cl)cc(Br)c1. The fraction of sp³-hybridized carbons (Fsp3) is 0.462. The third kappa shape index (κ3) is 6.95. The Morgan fingerprint density at radius 3 is 2.45 bits per heavy atom. The Morgan fingerprint density at radius 1 is 1.27 bits per heavy atom. The second kappa shape index (κ2) is 7.63. The molecular weight excluding hydrogens is 396 g/mol. The van der Waals surface area contributed by atoms with Crippen LogP contribution >= 0.6 is 27.5 Å². The van der Waals surface area contributed by atoms with Gasteiger partial charge in [-0.1, -0.05) is 27.5 Å². The zero-order valence-electron chi connectivity index (χ0n) is 12.4. The predicted molar refractivity (Wildman–Crippen MR) is 88.6 cm³/mol. The van der Waals surface area contributed by atoms with Gasteiger partial charge in [0.15, 0.2) is 0 Å². The van der Waals surface area contributed by atoms with E-state index in [0.717, 1.165) is 0 Å². The van der Waals surface area contributed by atoms with Crippen molar-refractivity contribution in [1.82, 2.24) is 10.0 Å². The summed E-state index contributed by atoms with van der Waals surface area (Å²) in [6, 6.07) is 4.37. The molecule has 2 N–H and O–H groups in total. The van der Waals surface area contributed by atoms with E-state index in [1.165, 1.54) is 12.1 Å². The second-order valence-electron chi connectivity index (χ2n) is 5.43. The number of alkyl carbamates (subject to hydrolysis) is 1. The Kier molecular flexibility index (Phi) is 6.66. The molecule has 9 heteroatoms. The Balaban J connectivity index is 2.52. The van der Waals surface area contributed by atoms with Crippen LogP contribution in [0.3, 0.4) is 0 Å². The van der Waals surface area contributed by atoms with Crippen molar-refractivity contribution >= 4 is 43.6 Å². The molecular formula is C13H18BrClN2O4S. The van der Waals surface area contributed by atoms with Crippen molar-refractivity contribution in [3.63, 3.8) is 0 Å². The molecule has 22 heavy (non-hydrogen) atoms. The number of rotatable bonds is 5. The summed E-state index contributed by atoms with van der Waals surface area (Å²) < 4.78 is 32.1. The normalized spacial score (nSPS) is 12.0. The maximum atomic E-state index is 12.1. The largest absolute Gasteiger partial charge is 0.444 e. The van der Waals surface area contributed by atoms with E-state index in [9.17, 15) is 13.2 Å². The van der Waals surface area contributed by atoms with Gasteiger partial charge in [-0.3, -0.25) is 0 Å². The summed E-state index contributed by atoms with van der Waals surface area (Å²) in [5, 5.41) is 2.77. The van der Waals surface area contributed by atoms with Crippen LogP contribution in [-0.2, 0) is 14.8 Å². The van der Waals surface area contributed by atoms with Crippen molar-refractivity contribution in [2.75, 3.05) is 13.1 Å². The summed E-state index contributed by atoms with van der Waals surface area (Å²) in [5.41, 5.74) is -0.601. The number of sulfonamides is 1. The van der Waals surface area contributed by atoms with Gasteiger partial charge in [-0.15, -0.1) is 0 Å². The number of ether oxygens (including phenoxy) is 1. The van der Waals surface area contributed by atoms with Gasteiger partial charge in [0.1, 0.15) is 5.60 Å². The summed E-state index contributed by atoms with van der Waals surface area (Å²) in [4.78, 5) is 11.5. The quantitative estimate of drug-likeness (QED) is 0.727. The number of carbonyl (C=O) groups excluding carboxylic acids is 1. The van der Waals surface area contributed by atoms with E-state index in [4.69, 9.17) is 16.3 Å². The van der Waals surface area contributed by atoms with Crippen LogP contribution in [0.1, 0.15) is 20.8 Å². The molecule has 0 radical (unpaired) electrons. The summed E-state index contributed by atoms with van der Waals surface area (Å²) in [7, 11) is -3.69. The molecule has 0 aliphatic heterocycles. The lowest BCUT2D eigenvalue weighted by Crippen LogP contribution is -2.37. The lowest BCUT2D eigenvalue weighted by atomic mass is 10.2. The Morgan fingerprint density at radius 2 is 1.91 bits per heavy atom. The maximum absolute atomic E-state index is 12.1. The number of nitrogens with one attached hydrogen (secondary N) is 2. The molecule has 0 bridgehead atoms. The highest BCUT2D eigenvalue weighted by Gasteiger charge is 2.17. The molecule has 0 aliphatic rings. The summed E-state index contributed by atoms with van der Waals surface area (Å²) >= 11 is 9.01. The third-order valence-corrected chi connectivity index (χ3v) is 4.35. The first-order chi connectivity index (χ1) is 9.99. The molecule has 0 unspecified atom stereocenters. The Bertz CT molecular complexity index is 624. The zero-order chi connectivity index (χ0) is 17.0. The van der Waals surface area contributed by atoms with E-state index in [1.807, 2.05) is 0 Å². The average Bonchev–Trinajstić information content (AvgIpc) is 2.31. The van der Waals surface area contributed by atoms with Gasteiger partial charge in [0, 0.05) is 22.6 Å². The molecule has 0 spiro atoms. The van der Waals surface area contributed by atoms with E-state index < -0.39 is 21.7 Å². The van der Waals surface area contributed by atoms with Crippen LogP contribution in [-0.4, -0.2) is 33.2 Å². The molecule has 0 fully saturated rings. The van der Waals surface area contributed by atoms with E-state index in [-0.39, 0.29) is 18.0 Å². The van der Waals surface area contributed by atoms with Crippen molar-refractivity contribution in [2.45, 2.75) is 31.3 Å². The standard InChI is InChI=1S/C13H18BrClN2O4S/c1-13(2,3)21-12(18)16-4-5-17-22(19,20)11-7-9(14)6-10(15)8-11/h6-8,17H,4-5H2,1-3H3,(H,16,18). The minimum Gasteiger partial charge on any atom is -0.444 e. The summed E-state index contributed by atoms with van der Waals surface area (Å²) in [5.74, 6) is 0. The Labute approximate surface area is 143 Å². The first kappa shape index (κ1) is 19.2. The highest BCUT2D eigenvalue weighted by atomic mass is 79.9. The first-order valence-corrected chi connectivity index (χ1v) is 9.08. The molecule has 0 saturated carbocycles. The van der Waals surface area contributed by atoms with E-state index >= 15 is 0 Å². The fourth-order valence-corrected chi connectivity index (χ4v) is 3.61. The second-order valence-corrected chi connectivity index (χ2v) is 8.55. The fourth-order valence-electron chi connectivity index (χ4n) is 1.43. The molecule has 6 nitrogen and oxygen atoms in total. The molecule has 0 atom stereocenters. The molecule has 1 aromatic rings. The van der Waals surface area contributed by atoms with Crippen LogP contribution in [0.15, 0.2) is 27.6 Å². The highest BCUT2D eigenvalue weighted by molar-refractivity contribution is 9.10. The lowest BCUT2D eigenvalue weighted by molar-refractivity contribution is 0.0529. The van der Waals surface area contributed by atoms with E-state index in [1.54, 1.807) is 26.8 Å². The van der Waals surface area contributed by atoms with Crippen molar-refractivity contribution in [3.8, 4) is 0 Å². The molecule has 0 heterocycles. The maximum Gasteiger partial charge on any atom is 0.407 e. The third-order valence-electron chi connectivity index (χ3n) is 2.23. The number of hydrogen-bond donors (Lipinski definition) is 2. The van der Waals surface area contributed by atoms with Crippen molar-refractivity contribution < 1.29 is 17.9 Å². The van der Waals surface area contributed by atoms with Crippen molar-refractivity contribution in [1.29, 1.82) is 0 Å². The number of hydrogen-bond acceptors (Lipinski definition) is 4. The average molecular weight is 414 g/mol. The minimum atomic E-state index is -3.69. The molecule has 0 saturated heterocycles. The number of amides is 1. The number of halogens is 2. The first-order valence-electron chi connectivity index (χ1n) is 6.42. The molecule has 0 aromatic heterocycles. The van der Waals surface area contributed by atoms with Gasteiger partial charge in [0.05, 0.1) is 4.90 Å². The van der Waals surface area contributed by atoms with Crippen molar-refractivity contribution in [2.24, 2.45) is 0 Å². The zero-order valence-corrected chi connectivity index (χ0v) is 15.6. The van der Waals surface area contributed by atoms with Gasteiger partial charge < -0.3 is 10.1 Å². The lowest BCUT2D eigenvalue weighted by Gasteiger charge is -2.19. The molecule has 1 amide bonds. The van der Waals surface area contributed by atoms with E-state index in [2.05, 4.69) is 26.0 Å². The summed E-state index contributed by atoms with van der Waals surface area (Å²) in [6.45, 7) is 5.37. The van der Waals surface area contributed by atoms with Crippen LogP contribution < -0.4 is 10.0 Å². The van der Waals surface area contributed by atoms with Gasteiger partial charge in [-0.05, 0) is 39.0 Å². The summed E-state index contributed by atoms with van der Waals surface area (Å²) in [6.07, 6.45) is -0.600. The Hall–Kier alpha value is -0.830. The van der Waals surface area contributed by atoms with Crippen LogP contribution in [0.4, 0.5) is 4.79 Å². The predicted octanol–water partition coefficient (Wildman–Crippen LogP) is 2.91. The van der Waals surface area contributed by atoms with Crippen LogP contribution in [0, 0.1) is 0 Å². The van der Waals surface area contributed by atoms with Gasteiger partial charge in [0.25, 0.3) is 0 Å². The number of carbonyl (C=O) groups is 1. The smallest absolute Gasteiger partial charge is 0.407 e. The highest BCUT2D eigenvalue weighted by Crippen LogP contribution is 2.22. The van der Waals surface area contributed by atoms with Crippen molar-refractivity contribution in [3.05, 3.63) is 27.7 Å². The molecule has 1 aromatic carbocycles.